The number of nitrogens with one attached hydrogen (secondary N) is 1. The van der Waals surface area contributed by atoms with Crippen molar-refractivity contribution in [2.45, 2.75) is 13.0 Å². The van der Waals surface area contributed by atoms with Crippen LogP contribution < -0.4 is 10.9 Å². The molecule has 0 fully saturated rings. The number of rotatable bonds is 5. The van der Waals surface area contributed by atoms with Crippen LogP contribution in [0.3, 0.4) is 0 Å². The Hall–Kier alpha value is -1.40. The summed E-state index contributed by atoms with van der Waals surface area (Å²) in [6.45, 7) is 0.630. The zero-order chi connectivity index (χ0) is 13.7. The predicted octanol–water partition coefficient (Wildman–Crippen LogP) is 2.03. The van der Waals surface area contributed by atoms with Crippen LogP contribution in [-0.2, 0) is 17.8 Å². The number of pyridine rings is 1. The Morgan fingerprint density at radius 2 is 2.21 bits per heavy atom. The Labute approximate surface area is 123 Å². The van der Waals surface area contributed by atoms with E-state index in [4.69, 9.17) is 0 Å². The molecule has 6 heteroatoms. The smallest absolute Gasteiger partial charge is 0.251 e. The van der Waals surface area contributed by atoms with Gasteiger partial charge in [-0.25, -0.2) is 0 Å². The van der Waals surface area contributed by atoms with E-state index >= 15 is 0 Å². The van der Waals surface area contributed by atoms with Crippen LogP contribution in [0.15, 0.2) is 45.1 Å². The van der Waals surface area contributed by atoms with E-state index in [0.717, 1.165) is 10.9 Å². The lowest BCUT2D eigenvalue weighted by Gasteiger charge is -2.07. The molecule has 0 spiro atoms. The van der Waals surface area contributed by atoms with Crippen LogP contribution in [0.25, 0.3) is 0 Å². The van der Waals surface area contributed by atoms with Gasteiger partial charge in [0.15, 0.2) is 0 Å². The number of carbonyl (C=O) groups is 1. The Balaban J connectivity index is 1.84. The lowest BCUT2D eigenvalue weighted by Crippen LogP contribution is -2.32. The number of thiophene rings is 1. The molecule has 0 unspecified atom stereocenters. The normalized spacial score (nSPS) is 10.4. The fourth-order valence-electron chi connectivity index (χ4n) is 1.62. The lowest BCUT2D eigenvalue weighted by molar-refractivity contribution is -0.121. The number of aromatic nitrogens is 1. The SMILES string of the molecule is O=C(Cn1cc(Br)ccc1=O)NCCc1cccs1. The molecule has 0 bridgehead atoms. The van der Waals surface area contributed by atoms with Crippen molar-refractivity contribution in [1.82, 2.24) is 9.88 Å². The molecule has 1 N–H and O–H groups in total. The van der Waals surface area contributed by atoms with Gasteiger partial charge < -0.3 is 9.88 Å². The monoisotopic (exact) mass is 340 g/mol. The minimum Gasteiger partial charge on any atom is -0.354 e. The van der Waals surface area contributed by atoms with E-state index in [-0.39, 0.29) is 18.0 Å². The number of hydrogen-bond donors (Lipinski definition) is 1. The third-order valence-electron chi connectivity index (χ3n) is 2.53. The van der Waals surface area contributed by atoms with E-state index in [0.29, 0.717) is 6.54 Å². The first-order valence-corrected chi connectivity index (χ1v) is 7.47. The largest absolute Gasteiger partial charge is 0.354 e. The third kappa shape index (κ3) is 4.33. The maximum atomic E-state index is 11.7. The molecule has 0 saturated carbocycles. The highest BCUT2D eigenvalue weighted by molar-refractivity contribution is 9.10. The van der Waals surface area contributed by atoms with Crippen LogP contribution in [0.2, 0.25) is 0 Å². The van der Waals surface area contributed by atoms with Gasteiger partial charge in [-0.05, 0) is 39.9 Å². The lowest BCUT2D eigenvalue weighted by atomic mass is 10.3. The maximum absolute atomic E-state index is 11.7. The zero-order valence-corrected chi connectivity index (χ0v) is 12.5. The second-order valence-electron chi connectivity index (χ2n) is 3.99. The van der Waals surface area contributed by atoms with Gasteiger partial charge in [0.25, 0.3) is 5.56 Å². The quantitative estimate of drug-likeness (QED) is 0.905. The van der Waals surface area contributed by atoms with E-state index in [1.807, 2.05) is 17.5 Å². The average Bonchev–Trinajstić information content (AvgIpc) is 2.87. The summed E-state index contributed by atoms with van der Waals surface area (Å²) < 4.78 is 2.16. The van der Waals surface area contributed by atoms with Crippen molar-refractivity contribution in [3.63, 3.8) is 0 Å². The summed E-state index contributed by atoms with van der Waals surface area (Å²) in [5.74, 6) is -0.156. The number of amides is 1. The van der Waals surface area contributed by atoms with Crippen molar-refractivity contribution >= 4 is 33.2 Å². The summed E-state index contributed by atoms with van der Waals surface area (Å²) >= 11 is 4.95. The van der Waals surface area contributed by atoms with Gasteiger partial charge in [-0.2, -0.15) is 0 Å². The first-order valence-electron chi connectivity index (χ1n) is 5.80. The Kier molecular flexibility index (Phi) is 4.93. The molecule has 0 saturated heterocycles. The predicted molar refractivity (Wildman–Crippen MR) is 79.4 cm³/mol. The molecule has 2 heterocycles. The van der Waals surface area contributed by atoms with E-state index < -0.39 is 0 Å². The summed E-state index contributed by atoms with van der Waals surface area (Å²) in [7, 11) is 0. The van der Waals surface area contributed by atoms with Gasteiger partial charge >= 0.3 is 0 Å². The topological polar surface area (TPSA) is 51.1 Å². The highest BCUT2D eigenvalue weighted by atomic mass is 79.9. The number of carbonyl (C=O) groups excluding carboxylic acids is 1. The van der Waals surface area contributed by atoms with Crippen molar-refractivity contribution < 1.29 is 4.79 Å². The fraction of sp³-hybridized carbons (Fsp3) is 0.231. The molecule has 2 aromatic heterocycles. The van der Waals surface area contributed by atoms with Gasteiger partial charge in [-0.3, -0.25) is 9.59 Å². The second-order valence-corrected chi connectivity index (χ2v) is 5.94. The van der Waals surface area contributed by atoms with Gasteiger partial charge in [0, 0.05) is 28.2 Å². The van der Waals surface area contributed by atoms with Gasteiger partial charge in [-0.15, -0.1) is 11.3 Å². The summed E-state index contributed by atoms with van der Waals surface area (Å²) in [4.78, 5) is 24.5. The summed E-state index contributed by atoms with van der Waals surface area (Å²) in [5, 5.41) is 4.82. The molecule has 0 aliphatic carbocycles. The molecule has 1 amide bonds. The van der Waals surface area contributed by atoms with Crippen molar-refractivity contribution in [2.75, 3.05) is 6.54 Å². The van der Waals surface area contributed by atoms with Crippen molar-refractivity contribution in [3.05, 3.63) is 55.5 Å². The molecule has 0 atom stereocenters. The molecule has 0 aliphatic rings. The fourth-order valence-corrected chi connectivity index (χ4v) is 2.70. The third-order valence-corrected chi connectivity index (χ3v) is 3.94. The molecule has 4 nitrogen and oxygen atoms in total. The van der Waals surface area contributed by atoms with Crippen LogP contribution in [-0.4, -0.2) is 17.0 Å². The number of nitrogens with zero attached hydrogens (tertiary/aromatic N) is 1. The minimum atomic E-state index is -0.184. The average molecular weight is 341 g/mol. The van der Waals surface area contributed by atoms with Crippen molar-refractivity contribution in [2.24, 2.45) is 0 Å². The first-order chi connectivity index (χ1) is 9.15. The molecule has 0 aliphatic heterocycles. The molecule has 100 valence electrons. The van der Waals surface area contributed by atoms with Gasteiger partial charge in [0.1, 0.15) is 6.54 Å². The molecule has 0 aromatic carbocycles. The zero-order valence-electron chi connectivity index (χ0n) is 10.1. The number of halogens is 1. The minimum absolute atomic E-state index is 0.0444. The van der Waals surface area contributed by atoms with Crippen LogP contribution in [0.4, 0.5) is 0 Å². The van der Waals surface area contributed by atoms with E-state index in [2.05, 4.69) is 21.2 Å². The molecule has 2 rings (SSSR count). The van der Waals surface area contributed by atoms with E-state index in [1.54, 1.807) is 23.6 Å². The highest BCUT2D eigenvalue weighted by Gasteiger charge is 2.04. The Bertz CT molecular complexity index is 607. The van der Waals surface area contributed by atoms with Crippen LogP contribution in [0.5, 0.6) is 0 Å². The van der Waals surface area contributed by atoms with E-state index in [1.165, 1.54) is 15.5 Å². The Morgan fingerprint density at radius 3 is 2.95 bits per heavy atom. The molecular formula is C13H13BrN2O2S. The number of hydrogen-bond acceptors (Lipinski definition) is 3. The Morgan fingerprint density at radius 1 is 1.37 bits per heavy atom. The first kappa shape index (κ1) is 14.0. The molecular weight excluding hydrogens is 328 g/mol. The van der Waals surface area contributed by atoms with Crippen molar-refractivity contribution in [1.29, 1.82) is 0 Å². The highest BCUT2D eigenvalue weighted by Crippen LogP contribution is 2.08. The van der Waals surface area contributed by atoms with E-state index in [9.17, 15) is 9.59 Å². The maximum Gasteiger partial charge on any atom is 0.251 e. The van der Waals surface area contributed by atoms with Gasteiger partial charge in [0.2, 0.25) is 5.91 Å². The molecule has 19 heavy (non-hydrogen) atoms. The second kappa shape index (κ2) is 6.68. The van der Waals surface area contributed by atoms with Crippen LogP contribution in [0, 0.1) is 0 Å². The van der Waals surface area contributed by atoms with Crippen molar-refractivity contribution in [3.8, 4) is 0 Å². The van der Waals surface area contributed by atoms with Crippen LogP contribution >= 0.6 is 27.3 Å². The van der Waals surface area contributed by atoms with Crippen LogP contribution in [0.1, 0.15) is 4.88 Å². The standard InChI is InChI=1S/C13H13BrN2O2S/c14-10-3-4-13(18)16(8-10)9-12(17)15-6-5-11-2-1-7-19-11/h1-4,7-8H,5-6,9H2,(H,15,17). The molecule has 0 radical (unpaired) electrons. The summed E-state index contributed by atoms with van der Waals surface area (Å²) in [5.41, 5.74) is -0.184. The van der Waals surface area contributed by atoms with Gasteiger partial charge in [0.05, 0.1) is 0 Å². The molecule has 2 aromatic rings. The summed E-state index contributed by atoms with van der Waals surface area (Å²) in [6, 6.07) is 7.12. The summed E-state index contributed by atoms with van der Waals surface area (Å²) in [6.07, 6.45) is 2.43. The van der Waals surface area contributed by atoms with Gasteiger partial charge in [-0.1, -0.05) is 6.07 Å².